The molecule has 1 fully saturated rings. The summed E-state index contributed by atoms with van der Waals surface area (Å²) in [4.78, 5) is 12.0. The third kappa shape index (κ3) is 4.88. The van der Waals surface area contributed by atoms with Gasteiger partial charge in [0.2, 0.25) is 5.91 Å². The van der Waals surface area contributed by atoms with Crippen LogP contribution in [0.5, 0.6) is 0 Å². The number of anilines is 1. The molecular weight excluding hydrogens is 312 g/mol. The first kappa shape index (κ1) is 17.7. The Hall–Kier alpha value is -0.360. The number of carbonyl (C=O) groups excluding carboxylic acids is 1. The number of benzene rings is 1. The zero-order chi connectivity index (χ0) is 13.7. The molecule has 2 rings (SSSR count). The second-order valence-electron chi connectivity index (χ2n) is 4.65. The largest absolute Gasteiger partial charge is 0.326 e. The zero-order valence-electron chi connectivity index (χ0n) is 11.7. The van der Waals surface area contributed by atoms with Crippen LogP contribution in [0.3, 0.4) is 0 Å². The minimum absolute atomic E-state index is 0. The van der Waals surface area contributed by atoms with E-state index in [0.29, 0.717) is 11.1 Å². The fourth-order valence-corrected chi connectivity index (χ4v) is 4.82. The topological polar surface area (TPSA) is 41.1 Å². The van der Waals surface area contributed by atoms with Gasteiger partial charge in [0.1, 0.15) is 0 Å². The van der Waals surface area contributed by atoms with Gasteiger partial charge in [-0.2, -0.15) is 0 Å². The molecular formula is C14H21ClN2OS2. The molecule has 112 valence electrons. The summed E-state index contributed by atoms with van der Waals surface area (Å²) in [6.45, 7) is 2.62. The maximum absolute atomic E-state index is 12.0. The van der Waals surface area contributed by atoms with Gasteiger partial charge in [-0.05, 0) is 24.7 Å². The average molecular weight is 333 g/mol. The molecule has 1 aromatic carbocycles. The molecule has 1 aromatic rings. The minimum atomic E-state index is -0.0242. The maximum atomic E-state index is 12.0. The van der Waals surface area contributed by atoms with Gasteiger partial charge >= 0.3 is 0 Å². The van der Waals surface area contributed by atoms with Crippen molar-refractivity contribution in [2.45, 2.75) is 11.5 Å². The lowest BCUT2D eigenvalue weighted by molar-refractivity contribution is -0.119. The van der Waals surface area contributed by atoms with E-state index in [0.717, 1.165) is 5.69 Å². The Kier molecular flexibility index (Phi) is 7.80. The van der Waals surface area contributed by atoms with Gasteiger partial charge in [-0.3, -0.25) is 4.79 Å². The van der Waals surface area contributed by atoms with Crippen LogP contribution in [-0.4, -0.2) is 31.0 Å². The molecule has 0 spiro atoms. The lowest BCUT2D eigenvalue weighted by Crippen LogP contribution is -2.28. The van der Waals surface area contributed by atoms with Gasteiger partial charge in [0.15, 0.2) is 0 Å². The van der Waals surface area contributed by atoms with E-state index in [1.54, 1.807) is 0 Å². The predicted octanol–water partition coefficient (Wildman–Crippen LogP) is 3.38. The van der Waals surface area contributed by atoms with Crippen LogP contribution < -0.4 is 10.6 Å². The fourth-order valence-electron chi connectivity index (χ4n) is 1.98. The molecule has 1 saturated heterocycles. The summed E-state index contributed by atoms with van der Waals surface area (Å²) in [5.74, 6) is 2.47. The van der Waals surface area contributed by atoms with E-state index >= 15 is 0 Å². The highest BCUT2D eigenvalue weighted by molar-refractivity contribution is 8.19. The molecule has 1 atom stereocenters. The van der Waals surface area contributed by atoms with Crippen molar-refractivity contribution in [3.63, 3.8) is 0 Å². The molecule has 1 aliphatic rings. The van der Waals surface area contributed by atoms with E-state index < -0.39 is 0 Å². The van der Waals surface area contributed by atoms with Crippen molar-refractivity contribution in [3.8, 4) is 0 Å². The van der Waals surface area contributed by atoms with E-state index in [9.17, 15) is 4.79 Å². The maximum Gasteiger partial charge on any atom is 0.228 e. The Morgan fingerprint density at radius 2 is 2.10 bits per heavy atom. The van der Waals surface area contributed by atoms with Gasteiger partial charge in [-0.25, -0.2) is 0 Å². The molecule has 6 heteroatoms. The van der Waals surface area contributed by atoms with Crippen LogP contribution in [-0.2, 0) is 4.79 Å². The van der Waals surface area contributed by atoms with Crippen molar-refractivity contribution in [2.75, 3.05) is 30.4 Å². The van der Waals surface area contributed by atoms with E-state index in [-0.39, 0.29) is 24.2 Å². The third-order valence-corrected chi connectivity index (χ3v) is 6.11. The van der Waals surface area contributed by atoms with E-state index in [4.69, 9.17) is 0 Å². The molecule has 1 aliphatic heterocycles. The highest BCUT2D eigenvalue weighted by Gasteiger charge is 2.19. The van der Waals surface area contributed by atoms with Crippen LogP contribution in [0.4, 0.5) is 5.69 Å². The molecule has 0 radical (unpaired) electrons. The summed E-state index contributed by atoms with van der Waals surface area (Å²) in [6.07, 6.45) is 0. The Bertz CT molecular complexity index is 439. The molecule has 0 aliphatic carbocycles. The van der Waals surface area contributed by atoms with Crippen LogP contribution in [0.15, 0.2) is 24.3 Å². The quantitative estimate of drug-likeness (QED) is 0.867. The van der Waals surface area contributed by atoms with Crippen LogP contribution >= 0.6 is 35.9 Å². The second-order valence-corrected chi connectivity index (χ2v) is 7.37. The number of rotatable bonds is 5. The summed E-state index contributed by atoms with van der Waals surface area (Å²) in [5.41, 5.74) is 2.20. The lowest BCUT2D eigenvalue weighted by atomic mass is 10.1. The van der Waals surface area contributed by atoms with Crippen molar-refractivity contribution in [3.05, 3.63) is 29.8 Å². The smallest absolute Gasteiger partial charge is 0.228 e. The van der Waals surface area contributed by atoms with Gasteiger partial charge < -0.3 is 10.6 Å². The van der Waals surface area contributed by atoms with Crippen molar-refractivity contribution >= 4 is 47.5 Å². The molecule has 3 nitrogen and oxygen atoms in total. The van der Waals surface area contributed by atoms with Crippen LogP contribution in [0.1, 0.15) is 17.1 Å². The number of hydrogen-bond donors (Lipinski definition) is 2. The van der Waals surface area contributed by atoms with Crippen LogP contribution in [0.25, 0.3) is 0 Å². The van der Waals surface area contributed by atoms with Gasteiger partial charge in [0.25, 0.3) is 0 Å². The number of carbonyl (C=O) groups is 1. The molecule has 1 amide bonds. The molecule has 0 aromatic heterocycles. The van der Waals surface area contributed by atoms with Gasteiger partial charge in [-0.1, -0.05) is 19.1 Å². The van der Waals surface area contributed by atoms with Gasteiger partial charge in [-0.15, -0.1) is 35.9 Å². The molecule has 0 bridgehead atoms. The predicted molar refractivity (Wildman–Crippen MR) is 93.1 cm³/mol. The lowest BCUT2D eigenvalue weighted by Gasteiger charge is -2.14. The fraction of sp³-hybridized carbons (Fsp3) is 0.500. The first-order valence-corrected chi connectivity index (χ1v) is 8.59. The summed E-state index contributed by atoms with van der Waals surface area (Å²) in [5, 5.41) is 6.02. The normalized spacial score (nSPS) is 16.5. The molecule has 0 saturated carbocycles. The van der Waals surface area contributed by atoms with Crippen LogP contribution in [0, 0.1) is 5.92 Å². The SMILES string of the molecule is CNCC(C)C(=O)Nc1cccc(C2SCCS2)c1.Cl. The third-order valence-electron chi connectivity index (χ3n) is 3.01. The number of amides is 1. The Labute approximate surface area is 135 Å². The standard InChI is InChI=1S/C14H20N2OS2.ClH/c1-10(9-15-2)13(17)16-12-5-3-4-11(8-12)14-18-6-7-19-14;/h3-5,8,10,14-15H,6-7,9H2,1-2H3,(H,16,17);1H. The molecule has 2 N–H and O–H groups in total. The Morgan fingerprint density at radius 3 is 2.75 bits per heavy atom. The summed E-state index contributed by atoms with van der Waals surface area (Å²) < 4.78 is 0.520. The molecule has 1 unspecified atom stereocenters. The number of thioether (sulfide) groups is 2. The number of halogens is 1. The van der Waals surface area contributed by atoms with Crippen molar-refractivity contribution < 1.29 is 4.79 Å². The first-order chi connectivity index (χ1) is 9.20. The Morgan fingerprint density at radius 1 is 1.40 bits per heavy atom. The van der Waals surface area contributed by atoms with E-state index in [1.807, 2.05) is 49.6 Å². The molecule has 20 heavy (non-hydrogen) atoms. The van der Waals surface area contributed by atoms with Crippen molar-refractivity contribution in [1.82, 2.24) is 5.32 Å². The van der Waals surface area contributed by atoms with Crippen LogP contribution in [0.2, 0.25) is 0 Å². The monoisotopic (exact) mass is 332 g/mol. The average Bonchev–Trinajstić information content (AvgIpc) is 2.93. The summed E-state index contributed by atoms with van der Waals surface area (Å²) in [6, 6.07) is 8.22. The Balaban J connectivity index is 0.00000200. The van der Waals surface area contributed by atoms with E-state index in [2.05, 4.69) is 22.8 Å². The highest BCUT2D eigenvalue weighted by atomic mass is 35.5. The minimum Gasteiger partial charge on any atom is -0.326 e. The van der Waals surface area contributed by atoms with Crippen molar-refractivity contribution in [1.29, 1.82) is 0 Å². The molecule has 1 heterocycles. The first-order valence-electron chi connectivity index (χ1n) is 6.49. The van der Waals surface area contributed by atoms with E-state index in [1.165, 1.54) is 17.1 Å². The number of hydrogen-bond acceptors (Lipinski definition) is 4. The highest BCUT2D eigenvalue weighted by Crippen LogP contribution is 2.45. The zero-order valence-corrected chi connectivity index (χ0v) is 14.2. The van der Waals surface area contributed by atoms with Gasteiger partial charge in [0.05, 0.1) is 4.58 Å². The summed E-state index contributed by atoms with van der Waals surface area (Å²) >= 11 is 3.96. The summed E-state index contributed by atoms with van der Waals surface area (Å²) in [7, 11) is 1.86. The second kappa shape index (κ2) is 8.82. The van der Waals surface area contributed by atoms with Crippen molar-refractivity contribution in [2.24, 2.45) is 5.92 Å². The van der Waals surface area contributed by atoms with Gasteiger partial charge in [0, 0.05) is 29.7 Å². The number of nitrogens with one attached hydrogen (secondary N) is 2.